The second-order valence-corrected chi connectivity index (χ2v) is 8.70. The fourth-order valence-electron chi connectivity index (χ4n) is 3.17. The van der Waals surface area contributed by atoms with Crippen LogP contribution in [0.25, 0.3) is 0 Å². The van der Waals surface area contributed by atoms with Crippen molar-refractivity contribution in [1.29, 1.82) is 0 Å². The van der Waals surface area contributed by atoms with Crippen molar-refractivity contribution in [2.45, 2.75) is 66.0 Å². The Labute approximate surface area is 201 Å². The Morgan fingerprint density at radius 3 is 2.38 bits per heavy atom. The van der Waals surface area contributed by atoms with E-state index >= 15 is 0 Å². The highest BCUT2D eigenvalue weighted by Gasteiger charge is 2.33. The zero-order valence-corrected chi connectivity index (χ0v) is 20.9. The lowest BCUT2D eigenvalue weighted by Gasteiger charge is -2.32. The number of benzene rings is 1. The van der Waals surface area contributed by atoms with Crippen molar-refractivity contribution in [3.8, 4) is 5.75 Å². The van der Waals surface area contributed by atoms with Crippen molar-refractivity contribution < 1.29 is 33.8 Å². The molecule has 3 amide bonds. The predicted octanol–water partition coefficient (Wildman–Crippen LogP) is 2.57. The van der Waals surface area contributed by atoms with Gasteiger partial charge < -0.3 is 30.1 Å². The molecule has 0 heterocycles. The average molecular weight is 480 g/mol. The van der Waals surface area contributed by atoms with E-state index < -0.39 is 42.1 Å². The molecule has 190 valence electrons. The van der Waals surface area contributed by atoms with Gasteiger partial charge in [-0.2, -0.15) is 0 Å². The molecule has 1 rings (SSSR count). The summed E-state index contributed by atoms with van der Waals surface area (Å²) in [7, 11) is 0. The maximum absolute atomic E-state index is 13.2. The standard InChI is InChI=1S/C24H37N3O7/c1-7-14-27(18(28)15-26-23(32)34-24(4,5)6)20(17-11-9-10-16(3)21(17)30)22(31)25-13-12-19(29)33-8-2/h9-11,20,30H,7-8,12-15H2,1-6H3,(H,25,31)(H,26,32). The lowest BCUT2D eigenvalue weighted by molar-refractivity contribution is -0.143. The van der Waals surface area contributed by atoms with E-state index in [0.717, 1.165) is 0 Å². The van der Waals surface area contributed by atoms with Crippen LogP contribution in [0.1, 0.15) is 64.6 Å². The summed E-state index contributed by atoms with van der Waals surface area (Å²) in [6, 6.07) is 3.76. The van der Waals surface area contributed by atoms with E-state index in [2.05, 4.69) is 10.6 Å². The zero-order chi connectivity index (χ0) is 25.9. The number of esters is 1. The summed E-state index contributed by atoms with van der Waals surface area (Å²) < 4.78 is 10.0. The van der Waals surface area contributed by atoms with Crippen molar-refractivity contribution in [3.05, 3.63) is 29.3 Å². The first kappa shape index (κ1) is 28.7. The molecule has 0 spiro atoms. The predicted molar refractivity (Wildman–Crippen MR) is 126 cm³/mol. The topological polar surface area (TPSA) is 134 Å². The Morgan fingerprint density at radius 1 is 1.12 bits per heavy atom. The molecular weight excluding hydrogens is 442 g/mol. The van der Waals surface area contributed by atoms with Gasteiger partial charge in [-0.15, -0.1) is 0 Å². The van der Waals surface area contributed by atoms with E-state index in [0.29, 0.717) is 12.0 Å². The molecule has 1 unspecified atom stereocenters. The first-order valence-corrected chi connectivity index (χ1v) is 11.4. The van der Waals surface area contributed by atoms with Crippen LogP contribution < -0.4 is 10.6 Å². The summed E-state index contributed by atoms with van der Waals surface area (Å²) in [6.45, 7) is 10.4. The Bertz CT molecular complexity index is 865. The van der Waals surface area contributed by atoms with Crippen molar-refractivity contribution >= 4 is 23.9 Å². The van der Waals surface area contributed by atoms with E-state index in [1.54, 1.807) is 52.8 Å². The minimum atomic E-state index is -1.17. The molecule has 1 aromatic carbocycles. The number of ether oxygens (including phenoxy) is 2. The van der Waals surface area contributed by atoms with E-state index in [-0.39, 0.29) is 37.4 Å². The second kappa shape index (κ2) is 13.4. The lowest BCUT2D eigenvalue weighted by atomic mass is 9.99. The molecule has 0 aliphatic rings. The zero-order valence-electron chi connectivity index (χ0n) is 20.9. The van der Waals surface area contributed by atoms with Crippen LogP contribution in [0.2, 0.25) is 0 Å². The third-order valence-corrected chi connectivity index (χ3v) is 4.62. The molecule has 1 aromatic rings. The van der Waals surface area contributed by atoms with Crippen LogP contribution in [0.15, 0.2) is 18.2 Å². The number of aryl methyl sites for hydroxylation is 1. The maximum Gasteiger partial charge on any atom is 0.408 e. The second-order valence-electron chi connectivity index (χ2n) is 8.70. The van der Waals surface area contributed by atoms with Crippen LogP contribution in [0.5, 0.6) is 5.75 Å². The third-order valence-electron chi connectivity index (χ3n) is 4.62. The van der Waals surface area contributed by atoms with Crippen molar-refractivity contribution in [1.82, 2.24) is 15.5 Å². The first-order valence-electron chi connectivity index (χ1n) is 11.4. The molecule has 0 saturated heterocycles. The normalized spacial score (nSPS) is 11.8. The fraction of sp³-hybridized carbons (Fsp3) is 0.583. The fourth-order valence-corrected chi connectivity index (χ4v) is 3.17. The van der Waals surface area contributed by atoms with Gasteiger partial charge in [0.1, 0.15) is 23.9 Å². The van der Waals surface area contributed by atoms with E-state index in [1.807, 2.05) is 6.92 Å². The molecule has 0 fully saturated rings. The highest BCUT2D eigenvalue weighted by atomic mass is 16.6. The monoisotopic (exact) mass is 479 g/mol. The molecule has 10 heteroatoms. The van der Waals surface area contributed by atoms with Crippen LogP contribution in [0, 0.1) is 6.92 Å². The molecule has 0 bridgehead atoms. The molecule has 34 heavy (non-hydrogen) atoms. The summed E-state index contributed by atoms with van der Waals surface area (Å²) in [6.07, 6.45) is -0.267. The van der Waals surface area contributed by atoms with Gasteiger partial charge in [0.25, 0.3) is 0 Å². The Balaban J connectivity index is 3.15. The van der Waals surface area contributed by atoms with Gasteiger partial charge in [-0.25, -0.2) is 4.79 Å². The summed E-state index contributed by atoms with van der Waals surface area (Å²) >= 11 is 0. The SMILES string of the molecule is CCCN(C(=O)CNC(=O)OC(C)(C)C)C(C(=O)NCCC(=O)OCC)c1cccc(C)c1O. The average Bonchev–Trinajstić information content (AvgIpc) is 2.73. The number of carbonyl (C=O) groups excluding carboxylic acids is 4. The molecule has 0 saturated carbocycles. The van der Waals surface area contributed by atoms with Crippen LogP contribution in [-0.4, -0.2) is 65.7 Å². The molecule has 0 radical (unpaired) electrons. The number of rotatable bonds is 11. The number of para-hydroxylation sites is 1. The largest absolute Gasteiger partial charge is 0.507 e. The molecule has 10 nitrogen and oxygen atoms in total. The minimum absolute atomic E-state index is 0.00502. The van der Waals surface area contributed by atoms with Gasteiger partial charge in [-0.3, -0.25) is 14.4 Å². The number of phenols is 1. The van der Waals surface area contributed by atoms with Gasteiger partial charge in [0.2, 0.25) is 11.8 Å². The highest BCUT2D eigenvalue weighted by molar-refractivity contribution is 5.91. The maximum atomic E-state index is 13.2. The van der Waals surface area contributed by atoms with Crippen LogP contribution in [0.4, 0.5) is 4.79 Å². The Kier molecular flexibility index (Phi) is 11.3. The lowest BCUT2D eigenvalue weighted by Crippen LogP contribution is -2.48. The number of phenolic OH excluding ortho intramolecular Hbond substituents is 1. The van der Waals surface area contributed by atoms with E-state index in [9.17, 15) is 24.3 Å². The quantitative estimate of drug-likeness (QED) is 0.415. The highest BCUT2D eigenvalue weighted by Crippen LogP contribution is 2.32. The molecule has 0 aliphatic heterocycles. The van der Waals surface area contributed by atoms with E-state index in [4.69, 9.17) is 9.47 Å². The van der Waals surface area contributed by atoms with Crippen molar-refractivity contribution in [2.75, 3.05) is 26.2 Å². The number of hydrogen-bond acceptors (Lipinski definition) is 7. The molecule has 0 aliphatic carbocycles. The molecular formula is C24H37N3O7. The van der Waals surface area contributed by atoms with Gasteiger partial charge in [-0.05, 0) is 46.6 Å². The smallest absolute Gasteiger partial charge is 0.408 e. The number of hydrogen-bond donors (Lipinski definition) is 3. The van der Waals surface area contributed by atoms with Gasteiger partial charge in [0.05, 0.1) is 13.0 Å². The van der Waals surface area contributed by atoms with Crippen LogP contribution in [-0.2, 0) is 23.9 Å². The molecule has 1 atom stereocenters. The van der Waals surface area contributed by atoms with Crippen molar-refractivity contribution in [2.24, 2.45) is 0 Å². The summed E-state index contributed by atoms with van der Waals surface area (Å²) in [5, 5.41) is 15.7. The van der Waals surface area contributed by atoms with Crippen LogP contribution in [0.3, 0.4) is 0 Å². The van der Waals surface area contributed by atoms with Gasteiger partial charge >= 0.3 is 12.1 Å². The number of amides is 3. The summed E-state index contributed by atoms with van der Waals surface area (Å²) in [5.74, 6) is -1.66. The summed E-state index contributed by atoms with van der Waals surface area (Å²) in [4.78, 5) is 51.2. The first-order chi connectivity index (χ1) is 15.9. The number of nitrogens with zero attached hydrogens (tertiary/aromatic N) is 1. The van der Waals surface area contributed by atoms with Crippen molar-refractivity contribution in [3.63, 3.8) is 0 Å². The van der Waals surface area contributed by atoms with Crippen LogP contribution >= 0.6 is 0 Å². The molecule has 0 aromatic heterocycles. The van der Waals surface area contributed by atoms with Gasteiger partial charge in [0, 0.05) is 18.7 Å². The van der Waals surface area contributed by atoms with E-state index in [1.165, 1.54) is 4.90 Å². The van der Waals surface area contributed by atoms with Gasteiger partial charge in [-0.1, -0.05) is 25.1 Å². The molecule has 3 N–H and O–H groups in total. The Morgan fingerprint density at radius 2 is 1.79 bits per heavy atom. The Hall–Kier alpha value is -3.30. The number of nitrogens with one attached hydrogen (secondary N) is 2. The minimum Gasteiger partial charge on any atom is -0.507 e. The number of aromatic hydroxyl groups is 1. The summed E-state index contributed by atoms with van der Waals surface area (Å²) in [5.41, 5.74) is 0.0515. The third kappa shape index (κ3) is 9.29. The van der Waals surface area contributed by atoms with Gasteiger partial charge in [0.15, 0.2) is 0 Å². The number of alkyl carbamates (subject to hydrolysis) is 1. The number of carbonyl (C=O) groups is 4.